The van der Waals surface area contributed by atoms with Crippen molar-refractivity contribution in [2.45, 2.75) is 0 Å². The normalized spacial score (nSPS) is 13.7. The Bertz CT molecular complexity index is 1030. The van der Waals surface area contributed by atoms with Crippen molar-refractivity contribution in [1.29, 1.82) is 0 Å². The third kappa shape index (κ3) is 4.25. The maximum Gasteiger partial charge on any atom is 0.292 e. The van der Waals surface area contributed by atoms with Crippen LogP contribution in [-0.4, -0.2) is 41.9 Å². The molecular formula is C23H21N3O4. The van der Waals surface area contributed by atoms with E-state index in [2.05, 4.69) is 0 Å². The largest absolute Gasteiger partial charge is 0.457 e. The van der Waals surface area contributed by atoms with Gasteiger partial charge in [-0.1, -0.05) is 30.3 Å². The molecule has 1 fully saturated rings. The number of nitro groups is 1. The van der Waals surface area contributed by atoms with Crippen LogP contribution in [0.5, 0.6) is 11.5 Å². The molecular weight excluding hydrogens is 382 g/mol. The number of anilines is 1. The number of nitrogens with zero attached hydrogens (tertiary/aromatic N) is 3. The number of rotatable bonds is 5. The SMILES string of the molecule is O=C(c1ccc(Oc2ccccc2)cc1)N1CCN(c2ccccc2[N+](=O)[O-])CC1. The number of carbonyl (C=O) groups excluding carboxylic acids is 1. The highest BCUT2D eigenvalue weighted by Gasteiger charge is 2.26. The lowest BCUT2D eigenvalue weighted by Gasteiger charge is -2.35. The van der Waals surface area contributed by atoms with Crippen LogP contribution in [-0.2, 0) is 0 Å². The number of piperazine rings is 1. The van der Waals surface area contributed by atoms with E-state index in [1.807, 2.05) is 35.2 Å². The Balaban J connectivity index is 1.38. The number of ether oxygens (including phenoxy) is 1. The Morgan fingerprint density at radius 2 is 1.40 bits per heavy atom. The van der Waals surface area contributed by atoms with E-state index in [0.29, 0.717) is 43.2 Å². The number of hydrogen-bond acceptors (Lipinski definition) is 5. The zero-order valence-electron chi connectivity index (χ0n) is 16.3. The lowest BCUT2D eigenvalue weighted by Crippen LogP contribution is -2.48. The average Bonchev–Trinajstić information content (AvgIpc) is 2.80. The smallest absolute Gasteiger partial charge is 0.292 e. The van der Waals surface area contributed by atoms with Crippen molar-refractivity contribution in [1.82, 2.24) is 4.90 Å². The number of benzene rings is 3. The Kier molecular flexibility index (Phi) is 5.61. The molecule has 4 rings (SSSR count). The van der Waals surface area contributed by atoms with Gasteiger partial charge in [-0.25, -0.2) is 0 Å². The van der Waals surface area contributed by atoms with Crippen LogP contribution in [0.4, 0.5) is 11.4 Å². The monoisotopic (exact) mass is 403 g/mol. The van der Waals surface area contributed by atoms with Gasteiger partial charge < -0.3 is 14.5 Å². The zero-order valence-corrected chi connectivity index (χ0v) is 16.3. The standard InChI is InChI=1S/C23H21N3O4/c27-23(18-10-12-20(13-11-18)30-19-6-2-1-3-7-19)25-16-14-24(15-17-25)21-8-4-5-9-22(21)26(28)29/h1-13H,14-17H2. The molecule has 0 radical (unpaired) electrons. The maximum absolute atomic E-state index is 12.8. The second kappa shape index (κ2) is 8.65. The fourth-order valence-corrected chi connectivity index (χ4v) is 3.51. The molecule has 3 aromatic rings. The summed E-state index contributed by atoms with van der Waals surface area (Å²) >= 11 is 0. The molecule has 3 aromatic carbocycles. The molecule has 30 heavy (non-hydrogen) atoms. The van der Waals surface area contributed by atoms with Gasteiger partial charge in [0.25, 0.3) is 11.6 Å². The van der Waals surface area contributed by atoms with Gasteiger partial charge >= 0.3 is 0 Å². The van der Waals surface area contributed by atoms with Crippen molar-refractivity contribution in [2.75, 3.05) is 31.1 Å². The molecule has 152 valence electrons. The Morgan fingerprint density at radius 1 is 0.800 bits per heavy atom. The van der Waals surface area contributed by atoms with Gasteiger partial charge in [0.1, 0.15) is 17.2 Å². The van der Waals surface area contributed by atoms with Gasteiger partial charge in [-0.2, -0.15) is 0 Å². The molecule has 0 atom stereocenters. The van der Waals surface area contributed by atoms with Gasteiger partial charge in [-0.05, 0) is 42.5 Å². The van der Waals surface area contributed by atoms with Crippen molar-refractivity contribution in [3.8, 4) is 11.5 Å². The number of para-hydroxylation sites is 3. The fourth-order valence-electron chi connectivity index (χ4n) is 3.51. The summed E-state index contributed by atoms with van der Waals surface area (Å²) in [5, 5.41) is 11.3. The molecule has 0 aliphatic carbocycles. The van der Waals surface area contributed by atoms with Gasteiger partial charge in [0, 0.05) is 37.8 Å². The Morgan fingerprint density at radius 3 is 2.07 bits per heavy atom. The van der Waals surface area contributed by atoms with E-state index in [9.17, 15) is 14.9 Å². The summed E-state index contributed by atoms with van der Waals surface area (Å²) in [7, 11) is 0. The first-order chi connectivity index (χ1) is 14.6. The fraction of sp³-hybridized carbons (Fsp3) is 0.174. The van der Waals surface area contributed by atoms with Crippen LogP contribution >= 0.6 is 0 Å². The third-order valence-corrected chi connectivity index (χ3v) is 5.07. The van der Waals surface area contributed by atoms with Crippen LogP contribution in [0.15, 0.2) is 78.9 Å². The van der Waals surface area contributed by atoms with Crippen molar-refractivity contribution >= 4 is 17.3 Å². The number of amides is 1. The molecule has 7 heteroatoms. The summed E-state index contributed by atoms with van der Waals surface area (Å²) in [5.41, 5.74) is 1.28. The summed E-state index contributed by atoms with van der Waals surface area (Å²) in [6.45, 7) is 2.11. The summed E-state index contributed by atoms with van der Waals surface area (Å²) in [5.74, 6) is 1.35. The predicted octanol–water partition coefficient (Wildman–Crippen LogP) is 4.35. The van der Waals surface area contributed by atoms with Gasteiger partial charge in [-0.15, -0.1) is 0 Å². The first-order valence-corrected chi connectivity index (χ1v) is 9.72. The van der Waals surface area contributed by atoms with Crippen LogP contribution < -0.4 is 9.64 Å². The Hall–Kier alpha value is -3.87. The van der Waals surface area contributed by atoms with Crippen LogP contribution in [0.2, 0.25) is 0 Å². The average molecular weight is 403 g/mol. The Labute approximate surface area is 174 Å². The van der Waals surface area contributed by atoms with E-state index in [0.717, 1.165) is 5.75 Å². The summed E-state index contributed by atoms with van der Waals surface area (Å²) in [6, 6.07) is 23.2. The van der Waals surface area contributed by atoms with Crippen molar-refractivity contribution in [3.63, 3.8) is 0 Å². The third-order valence-electron chi connectivity index (χ3n) is 5.07. The number of hydrogen-bond donors (Lipinski definition) is 0. The van der Waals surface area contributed by atoms with Crippen LogP contribution in [0.1, 0.15) is 10.4 Å². The molecule has 1 aliphatic heterocycles. The predicted molar refractivity (Wildman–Crippen MR) is 114 cm³/mol. The first-order valence-electron chi connectivity index (χ1n) is 9.72. The van der Waals surface area contributed by atoms with E-state index >= 15 is 0 Å². The minimum atomic E-state index is -0.369. The van der Waals surface area contributed by atoms with Gasteiger partial charge in [0.15, 0.2) is 0 Å². The summed E-state index contributed by atoms with van der Waals surface area (Å²) in [4.78, 5) is 27.5. The molecule has 0 aromatic heterocycles. The minimum absolute atomic E-state index is 0.0523. The van der Waals surface area contributed by atoms with Crippen LogP contribution in [0, 0.1) is 10.1 Å². The minimum Gasteiger partial charge on any atom is -0.457 e. The molecule has 0 bridgehead atoms. The molecule has 1 aliphatic rings. The molecule has 0 N–H and O–H groups in total. The quantitative estimate of drug-likeness (QED) is 0.468. The second-order valence-electron chi connectivity index (χ2n) is 6.96. The zero-order chi connectivity index (χ0) is 20.9. The first kappa shape index (κ1) is 19.4. The molecule has 7 nitrogen and oxygen atoms in total. The molecule has 1 amide bonds. The number of nitro benzene ring substituents is 1. The highest BCUT2D eigenvalue weighted by atomic mass is 16.6. The highest BCUT2D eigenvalue weighted by Crippen LogP contribution is 2.28. The molecule has 0 spiro atoms. The van der Waals surface area contributed by atoms with Gasteiger partial charge in [-0.3, -0.25) is 14.9 Å². The summed E-state index contributed by atoms with van der Waals surface area (Å²) in [6.07, 6.45) is 0. The lowest BCUT2D eigenvalue weighted by molar-refractivity contribution is -0.384. The number of carbonyl (C=O) groups is 1. The van der Waals surface area contributed by atoms with Crippen LogP contribution in [0.25, 0.3) is 0 Å². The summed E-state index contributed by atoms with van der Waals surface area (Å²) < 4.78 is 5.77. The van der Waals surface area contributed by atoms with E-state index in [4.69, 9.17) is 4.74 Å². The van der Waals surface area contributed by atoms with Gasteiger partial charge in [0.05, 0.1) is 4.92 Å². The topological polar surface area (TPSA) is 75.9 Å². The van der Waals surface area contributed by atoms with Crippen molar-refractivity contribution < 1.29 is 14.5 Å². The van der Waals surface area contributed by atoms with E-state index in [-0.39, 0.29) is 16.5 Å². The van der Waals surface area contributed by atoms with Crippen molar-refractivity contribution in [3.05, 3.63) is 94.5 Å². The lowest BCUT2D eigenvalue weighted by atomic mass is 10.1. The van der Waals surface area contributed by atoms with Crippen LogP contribution in [0.3, 0.4) is 0 Å². The highest BCUT2D eigenvalue weighted by molar-refractivity contribution is 5.94. The molecule has 0 saturated carbocycles. The van der Waals surface area contributed by atoms with E-state index in [1.165, 1.54) is 6.07 Å². The van der Waals surface area contributed by atoms with E-state index in [1.54, 1.807) is 47.4 Å². The molecule has 1 saturated heterocycles. The molecule has 0 unspecified atom stereocenters. The van der Waals surface area contributed by atoms with Gasteiger partial charge in [0.2, 0.25) is 0 Å². The van der Waals surface area contributed by atoms with E-state index < -0.39 is 0 Å². The maximum atomic E-state index is 12.8. The second-order valence-corrected chi connectivity index (χ2v) is 6.96. The van der Waals surface area contributed by atoms with Crippen molar-refractivity contribution in [2.24, 2.45) is 0 Å². The molecule has 1 heterocycles.